The van der Waals surface area contributed by atoms with Gasteiger partial charge in [-0.1, -0.05) is 0 Å². The van der Waals surface area contributed by atoms with Gasteiger partial charge in [-0.2, -0.15) is 0 Å². The SMILES string of the molecule is CCNc1ccc(C(=O)NCC(C)S(C)=O)cc1[N+](=O)[O-]. The van der Waals surface area contributed by atoms with Crippen molar-refractivity contribution in [3.8, 4) is 0 Å². The molecule has 0 saturated heterocycles. The maximum Gasteiger partial charge on any atom is 0.293 e. The molecule has 1 aromatic carbocycles. The number of hydrogen-bond donors (Lipinski definition) is 2. The molecule has 1 rings (SSSR count). The van der Waals surface area contributed by atoms with Gasteiger partial charge < -0.3 is 10.6 Å². The minimum atomic E-state index is -1.03. The summed E-state index contributed by atoms with van der Waals surface area (Å²) in [6.45, 7) is 4.39. The van der Waals surface area contributed by atoms with Crippen LogP contribution in [0.5, 0.6) is 0 Å². The number of nitrogens with one attached hydrogen (secondary N) is 2. The van der Waals surface area contributed by atoms with Gasteiger partial charge in [0.1, 0.15) is 5.69 Å². The monoisotopic (exact) mass is 313 g/mol. The first-order valence-electron chi connectivity index (χ1n) is 6.49. The molecule has 0 saturated carbocycles. The topological polar surface area (TPSA) is 101 Å². The number of rotatable bonds is 7. The van der Waals surface area contributed by atoms with Crippen molar-refractivity contribution in [1.82, 2.24) is 5.32 Å². The fourth-order valence-corrected chi connectivity index (χ4v) is 1.94. The zero-order chi connectivity index (χ0) is 16.0. The summed E-state index contributed by atoms with van der Waals surface area (Å²) in [6, 6.07) is 4.27. The van der Waals surface area contributed by atoms with E-state index in [2.05, 4.69) is 10.6 Å². The van der Waals surface area contributed by atoms with E-state index in [9.17, 15) is 19.1 Å². The molecular formula is C13H19N3O4S. The molecule has 0 aromatic heterocycles. The highest BCUT2D eigenvalue weighted by Gasteiger charge is 2.17. The van der Waals surface area contributed by atoms with Gasteiger partial charge >= 0.3 is 0 Å². The molecule has 0 fully saturated rings. The number of carbonyl (C=O) groups excluding carboxylic acids is 1. The van der Waals surface area contributed by atoms with Gasteiger partial charge in [-0.15, -0.1) is 0 Å². The summed E-state index contributed by atoms with van der Waals surface area (Å²) in [5.74, 6) is -0.418. The summed E-state index contributed by atoms with van der Waals surface area (Å²) in [7, 11) is -1.03. The minimum absolute atomic E-state index is 0.142. The summed E-state index contributed by atoms with van der Waals surface area (Å²) < 4.78 is 11.2. The molecule has 1 aromatic rings. The van der Waals surface area contributed by atoms with Crippen LogP contribution in [0.25, 0.3) is 0 Å². The normalized spacial score (nSPS) is 13.3. The van der Waals surface area contributed by atoms with Crippen LogP contribution in [-0.4, -0.2) is 39.6 Å². The summed E-state index contributed by atoms with van der Waals surface area (Å²) in [5, 5.41) is 16.3. The summed E-state index contributed by atoms with van der Waals surface area (Å²) >= 11 is 0. The molecule has 0 radical (unpaired) electrons. The molecule has 0 bridgehead atoms. The molecule has 0 heterocycles. The van der Waals surface area contributed by atoms with Gasteiger partial charge in [-0.05, 0) is 26.0 Å². The first kappa shape index (κ1) is 17.1. The lowest BCUT2D eigenvalue weighted by molar-refractivity contribution is -0.384. The lowest BCUT2D eigenvalue weighted by Crippen LogP contribution is -2.32. The van der Waals surface area contributed by atoms with Crippen LogP contribution in [0.4, 0.5) is 11.4 Å². The Bertz CT molecular complexity index is 562. The molecule has 2 atom stereocenters. The Kier molecular flexibility index (Phi) is 6.29. The summed E-state index contributed by atoms with van der Waals surface area (Å²) in [5.41, 5.74) is 0.441. The molecule has 1 amide bonds. The van der Waals surface area contributed by atoms with Crippen LogP contribution >= 0.6 is 0 Å². The molecule has 0 aliphatic rings. The van der Waals surface area contributed by atoms with Crippen LogP contribution in [-0.2, 0) is 10.8 Å². The molecular weight excluding hydrogens is 294 g/mol. The molecule has 116 valence electrons. The van der Waals surface area contributed by atoms with E-state index in [1.54, 1.807) is 13.2 Å². The quantitative estimate of drug-likeness (QED) is 0.587. The van der Waals surface area contributed by atoms with E-state index in [4.69, 9.17) is 0 Å². The van der Waals surface area contributed by atoms with Crippen LogP contribution < -0.4 is 10.6 Å². The average molecular weight is 313 g/mol. The van der Waals surface area contributed by atoms with E-state index in [0.29, 0.717) is 12.2 Å². The van der Waals surface area contributed by atoms with Gasteiger partial charge in [0.05, 0.1) is 4.92 Å². The number of amides is 1. The fourth-order valence-electron chi connectivity index (χ4n) is 1.62. The number of nitro benzene ring substituents is 1. The second-order valence-electron chi connectivity index (χ2n) is 4.54. The maximum absolute atomic E-state index is 12.0. The lowest BCUT2D eigenvalue weighted by atomic mass is 10.1. The second kappa shape index (κ2) is 7.72. The van der Waals surface area contributed by atoms with Crippen molar-refractivity contribution >= 4 is 28.1 Å². The van der Waals surface area contributed by atoms with E-state index in [1.807, 2.05) is 6.92 Å². The van der Waals surface area contributed by atoms with Crippen LogP contribution in [0.15, 0.2) is 18.2 Å². The van der Waals surface area contributed by atoms with E-state index in [1.165, 1.54) is 18.2 Å². The number of nitro groups is 1. The zero-order valence-corrected chi connectivity index (χ0v) is 13.0. The Morgan fingerprint density at radius 3 is 2.67 bits per heavy atom. The van der Waals surface area contributed by atoms with Gasteiger partial charge in [0.15, 0.2) is 0 Å². The summed E-state index contributed by atoms with van der Waals surface area (Å²) in [4.78, 5) is 22.5. The van der Waals surface area contributed by atoms with Crippen LogP contribution in [0, 0.1) is 10.1 Å². The van der Waals surface area contributed by atoms with Gasteiger partial charge in [0.25, 0.3) is 11.6 Å². The van der Waals surface area contributed by atoms with Crippen molar-refractivity contribution in [3.05, 3.63) is 33.9 Å². The number of hydrogen-bond acceptors (Lipinski definition) is 5. The standard InChI is InChI=1S/C13H19N3O4S/c1-4-14-11-6-5-10(7-12(11)16(18)19)13(17)15-8-9(2)21(3)20/h5-7,9,14H,4,8H2,1-3H3,(H,15,17). The Morgan fingerprint density at radius 2 is 2.14 bits per heavy atom. The highest BCUT2D eigenvalue weighted by molar-refractivity contribution is 7.84. The molecule has 0 spiro atoms. The molecule has 0 aliphatic carbocycles. The first-order chi connectivity index (χ1) is 9.86. The third-order valence-corrected chi connectivity index (χ3v) is 4.24. The molecule has 8 heteroatoms. The smallest absolute Gasteiger partial charge is 0.293 e. The predicted molar refractivity (Wildman–Crippen MR) is 83.1 cm³/mol. The van der Waals surface area contributed by atoms with E-state index in [-0.39, 0.29) is 23.0 Å². The van der Waals surface area contributed by atoms with Crippen molar-refractivity contribution in [3.63, 3.8) is 0 Å². The Hall–Kier alpha value is -1.96. The van der Waals surface area contributed by atoms with Crippen molar-refractivity contribution in [2.24, 2.45) is 0 Å². The predicted octanol–water partition coefficient (Wildman–Crippen LogP) is 1.52. The van der Waals surface area contributed by atoms with Crippen LogP contribution in [0.2, 0.25) is 0 Å². The van der Waals surface area contributed by atoms with Gasteiger partial charge in [0.2, 0.25) is 0 Å². The molecule has 21 heavy (non-hydrogen) atoms. The molecule has 7 nitrogen and oxygen atoms in total. The number of benzene rings is 1. The zero-order valence-electron chi connectivity index (χ0n) is 12.2. The summed E-state index contributed by atoms with van der Waals surface area (Å²) in [6.07, 6.45) is 1.56. The van der Waals surface area contributed by atoms with Gasteiger partial charge in [-0.3, -0.25) is 19.1 Å². The third-order valence-electron chi connectivity index (χ3n) is 2.94. The average Bonchev–Trinajstić information content (AvgIpc) is 2.44. The van der Waals surface area contributed by atoms with E-state index in [0.717, 1.165) is 0 Å². The Labute approximate surface area is 125 Å². The third kappa shape index (κ3) is 4.82. The van der Waals surface area contributed by atoms with Gasteiger partial charge in [-0.25, -0.2) is 0 Å². The van der Waals surface area contributed by atoms with E-state index >= 15 is 0 Å². The second-order valence-corrected chi connectivity index (χ2v) is 6.34. The van der Waals surface area contributed by atoms with Crippen LogP contribution in [0.1, 0.15) is 24.2 Å². The van der Waals surface area contributed by atoms with E-state index < -0.39 is 21.6 Å². The molecule has 2 N–H and O–H groups in total. The number of carbonyl (C=O) groups is 1. The Morgan fingerprint density at radius 1 is 1.48 bits per heavy atom. The van der Waals surface area contributed by atoms with Crippen molar-refractivity contribution < 1.29 is 13.9 Å². The Balaban J connectivity index is 2.88. The van der Waals surface area contributed by atoms with Crippen molar-refractivity contribution in [2.45, 2.75) is 19.1 Å². The van der Waals surface area contributed by atoms with Crippen molar-refractivity contribution in [2.75, 3.05) is 24.7 Å². The van der Waals surface area contributed by atoms with Crippen molar-refractivity contribution in [1.29, 1.82) is 0 Å². The largest absolute Gasteiger partial charge is 0.380 e. The van der Waals surface area contributed by atoms with Gasteiger partial charge in [0, 0.05) is 47.0 Å². The maximum atomic E-state index is 12.0. The highest BCUT2D eigenvalue weighted by Crippen LogP contribution is 2.25. The fraction of sp³-hybridized carbons (Fsp3) is 0.462. The molecule has 0 aliphatic heterocycles. The number of nitrogens with zero attached hydrogens (tertiary/aromatic N) is 1. The lowest BCUT2D eigenvalue weighted by Gasteiger charge is -2.11. The number of anilines is 1. The highest BCUT2D eigenvalue weighted by atomic mass is 32.2. The minimum Gasteiger partial charge on any atom is -0.380 e. The molecule has 2 unspecified atom stereocenters. The van der Waals surface area contributed by atoms with Crippen LogP contribution in [0.3, 0.4) is 0 Å². The first-order valence-corrected chi connectivity index (χ1v) is 8.11.